The molecule has 0 saturated carbocycles. The molecular weight excluding hydrogens is 528 g/mol. The zero-order valence-corrected chi connectivity index (χ0v) is 20.6. The predicted octanol–water partition coefficient (Wildman–Crippen LogP) is 3.97. The first kappa shape index (κ1) is 23.4. The molecule has 0 aliphatic rings. The number of ether oxygens (including phenoxy) is 1. The van der Waals surface area contributed by atoms with Gasteiger partial charge in [0.25, 0.3) is 11.5 Å². The van der Waals surface area contributed by atoms with Crippen molar-refractivity contribution in [2.45, 2.75) is 13.5 Å². The van der Waals surface area contributed by atoms with Gasteiger partial charge in [-0.2, -0.15) is 4.99 Å². The number of furan rings is 1. The van der Waals surface area contributed by atoms with Gasteiger partial charge in [0.1, 0.15) is 22.6 Å². The Morgan fingerprint density at radius 3 is 2.72 bits per heavy atom. The Balaban J connectivity index is 1.90. The summed E-state index contributed by atoms with van der Waals surface area (Å²) in [6.07, 6.45) is 3.11. The molecule has 0 aliphatic heterocycles. The lowest BCUT2D eigenvalue weighted by Gasteiger charge is -2.14. The van der Waals surface area contributed by atoms with Crippen LogP contribution in [0, 0.1) is 0 Å². The van der Waals surface area contributed by atoms with Gasteiger partial charge in [-0.25, -0.2) is 9.78 Å². The Morgan fingerprint density at radius 2 is 1.97 bits per heavy atom. The first-order chi connectivity index (χ1) is 17.5. The number of hydrogen-bond donors (Lipinski definition) is 0. The molecule has 0 radical (unpaired) electrons. The molecule has 4 aromatic heterocycles. The molecule has 0 atom stereocenters. The minimum atomic E-state index is -0.717. The van der Waals surface area contributed by atoms with Crippen LogP contribution in [0.5, 0.6) is 0 Å². The number of carbonyl (C=O) groups excluding carboxylic acids is 2. The quantitative estimate of drug-likeness (QED) is 0.244. The summed E-state index contributed by atoms with van der Waals surface area (Å²) in [6.45, 7) is 1.84. The van der Waals surface area contributed by atoms with Crippen molar-refractivity contribution in [3.63, 3.8) is 0 Å². The first-order valence-electron chi connectivity index (χ1n) is 11.1. The zero-order valence-electron chi connectivity index (χ0n) is 19.1. The fraction of sp³-hybridized carbons (Fsp3) is 0.115. The van der Waals surface area contributed by atoms with Crippen LogP contribution >= 0.6 is 15.9 Å². The number of amides is 1. The molecule has 10 heteroatoms. The molecule has 1 amide bonds. The maximum Gasteiger partial charge on any atom is 0.341 e. The van der Waals surface area contributed by atoms with E-state index in [4.69, 9.17) is 9.15 Å². The maximum absolute atomic E-state index is 13.4. The molecule has 0 saturated heterocycles. The van der Waals surface area contributed by atoms with Crippen LogP contribution in [-0.2, 0) is 11.3 Å². The van der Waals surface area contributed by atoms with Gasteiger partial charge < -0.3 is 13.7 Å². The van der Waals surface area contributed by atoms with Crippen molar-refractivity contribution >= 4 is 44.5 Å². The van der Waals surface area contributed by atoms with Gasteiger partial charge in [-0.3, -0.25) is 14.0 Å². The van der Waals surface area contributed by atoms with Crippen molar-refractivity contribution in [1.29, 1.82) is 0 Å². The van der Waals surface area contributed by atoms with Crippen LogP contribution in [-0.4, -0.2) is 32.4 Å². The smallest absolute Gasteiger partial charge is 0.341 e. The molecule has 0 N–H and O–H groups in total. The van der Waals surface area contributed by atoms with Gasteiger partial charge in [-0.1, -0.05) is 28.1 Å². The van der Waals surface area contributed by atoms with Crippen molar-refractivity contribution in [1.82, 2.24) is 14.0 Å². The van der Waals surface area contributed by atoms with Crippen LogP contribution in [0.4, 0.5) is 0 Å². The average Bonchev–Trinajstić information content (AvgIpc) is 3.39. The van der Waals surface area contributed by atoms with Crippen molar-refractivity contribution in [3.05, 3.63) is 110 Å². The molecule has 180 valence electrons. The van der Waals surface area contributed by atoms with Crippen molar-refractivity contribution < 1.29 is 18.7 Å². The van der Waals surface area contributed by atoms with Crippen LogP contribution in [0.25, 0.3) is 16.7 Å². The van der Waals surface area contributed by atoms with E-state index < -0.39 is 11.9 Å². The van der Waals surface area contributed by atoms with E-state index in [2.05, 4.69) is 25.9 Å². The molecule has 4 heterocycles. The first-order valence-corrected chi connectivity index (χ1v) is 11.8. The number of aromatic nitrogens is 3. The summed E-state index contributed by atoms with van der Waals surface area (Å²) in [5.74, 6) is -0.776. The van der Waals surface area contributed by atoms with Crippen LogP contribution in [0.3, 0.4) is 0 Å². The summed E-state index contributed by atoms with van der Waals surface area (Å²) in [7, 11) is 0. The normalized spacial score (nSPS) is 11.8. The topological polar surface area (TPSA) is 108 Å². The lowest BCUT2D eigenvalue weighted by molar-refractivity contribution is 0.0523. The van der Waals surface area contributed by atoms with E-state index in [1.165, 1.54) is 21.3 Å². The van der Waals surface area contributed by atoms with E-state index in [1.54, 1.807) is 67.7 Å². The molecule has 36 heavy (non-hydrogen) atoms. The number of halogens is 1. The summed E-state index contributed by atoms with van der Waals surface area (Å²) in [4.78, 5) is 48.6. The monoisotopic (exact) mass is 546 g/mol. The number of benzene rings is 1. The molecule has 1 aromatic carbocycles. The van der Waals surface area contributed by atoms with Gasteiger partial charge in [-0.05, 0) is 55.5 Å². The molecule has 0 bridgehead atoms. The lowest BCUT2D eigenvalue weighted by Crippen LogP contribution is -2.33. The van der Waals surface area contributed by atoms with Crippen molar-refractivity contribution in [2.24, 2.45) is 4.99 Å². The highest BCUT2D eigenvalue weighted by atomic mass is 79.9. The van der Waals surface area contributed by atoms with Crippen LogP contribution in [0.2, 0.25) is 0 Å². The molecule has 5 aromatic rings. The third kappa shape index (κ3) is 4.38. The minimum absolute atomic E-state index is 0.00880. The Kier molecular flexibility index (Phi) is 6.34. The second kappa shape index (κ2) is 9.74. The summed E-state index contributed by atoms with van der Waals surface area (Å²) >= 11 is 3.36. The molecule has 0 aliphatic carbocycles. The SMILES string of the molecule is CCOC(=O)c1cc2c(=O)n3ccccc3nc2n(Cc2ccco2)c1=NC(=O)c1cccc(Br)c1. The molecule has 0 fully saturated rings. The van der Waals surface area contributed by atoms with Crippen LogP contribution in [0.15, 0.2) is 91.8 Å². The van der Waals surface area contributed by atoms with E-state index in [-0.39, 0.29) is 40.8 Å². The third-order valence-electron chi connectivity index (χ3n) is 5.46. The second-order valence-corrected chi connectivity index (χ2v) is 8.69. The predicted molar refractivity (Wildman–Crippen MR) is 135 cm³/mol. The maximum atomic E-state index is 13.4. The van der Waals surface area contributed by atoms with Crippen molar-refractivity contribution in [2.75, 3.05) is 6.61 Å². The number of fused-ring (bicyclic) bond motifs is 2. The third-order valence-corrected chi connectivity index (χ3v) is 5.95. The molecule has 0 unspecified atom stereocenters. The molecular formula is C26H19BrN4O5. The van der Waals surface area contributed by atoms with E-state index in [0.29, 0.717) is 21.4 Å². The highest BCUT2D eigenvalue weighted by molar-refractivity contribution is 9.10. The lowest BCUT2D eigenvalue weighted by atomic mass is 10.2. The van der Waals surface area contributed by atoms with E-state index in [9.17, 15) is 14.4 Å². The van der Waals surface area contributed by atoms with Gasteiger partial charge in [0.15, 0.2) is 5.49 Å². The largest absolute Gasteiger partial charge is 0.467 e. The summed E-state index contributed by atoms with van der Waals surface area (Å²) < 4.78 is 14.4. The highest BCUT2D eigenvalue weighted by Gasteiger charge is 2.21. The number of pyridine rings is 2. The molecule has 0 spiro atoms. The van der Waals surface area contributed by atoms with Crippen LogP contribution < -0.4 is 11.0 Å². The number of carbonyl (C=O) groups is 2. The average molecular weight is 547 g/mol. The number of hydrogen-bond acceptors (Lipinski definition) is 6. The Morgan fingerprint density at radius 1 is 1.11 bits per heavy atom. The fourth-order valence-corrected chi connectivity index (χ4v) is 4.25. The standard InChI is InChI=1S/C26H19BrN4O5/c1-2-35-26(34)20-14-19-22(28-21-10-3-4-11-30(21)25(19)33)31(15-18-9-6-12-36-18)23(20)29-24(32)16-7-5-8-17(27)13-16/h3-14H,2,15H2,1H3. The van der Waals surface area contributed by atoms with E-state index in [1.807, 2.05) is 0 Å². The van der Waals surface area contributed by atoms with Crippen LogP contribution in [0.1, 0.15) is 33.4 Å². The number of nitrogens with zero attached hydrogens (tertiary/aromatic N) is 4. The highest BCUT2D eigenvalue weighted by Crippen LogP contribution is 2.15. The van der Waals surface area contributed by atoms with Gasteiger partial charge >= 0.3 is 5.97 Å². The molecule has 9 nitrogen and oxygen atoms in total. The van der Waals surface area contributed by atoms with Gasteiger partial charge in [0.2, 0.25) is 0 Å². The van der Waals surface area contributed by atoms with Gasteiger partial charge in [-0.15, -0.1) is 0 Å². The van der Waals surface area contributed by atoms with Crippen molar-refractivity contribution in [3.8, 4) is 0 Å². The minimum Gasteiger partial charge on any atom is -0.467 e. The van der Waals surface area contributed by atoms with Gasteiger partial charge in [0, 0.05) is 16.2 Å². The zero-order chi connectivity index (χ0) is 25.2. The van der Waals surface area contributed by atoms with E-state index in [0.717, 1.165) is 0 Å². The van der Waals surface area contributed by atoms with Gasteiger partial charge in [0.05, 0.1) is 24.8 Å². The second-order valence-electron chi connectivity index (χ2n) is 7.78. The number of rotatable bonds is 5. The summed E-state index contributed by atoms with van der Waals surface area (Å²) in [6, 6.07) is 16.8. The Hall–Kier alpha value is -4.31. The Bertz CT molecular complexity index is 1750. The van der Waals surface area contributed by atoms with E-state index >= 15 is 0 Å². The summed E-state index contributed by atoms with van der Waals surface area (Å²) in [5.41, 5.74) is 0.561. The fourth-order valence-electron chi connectivity index (χ4n) is 3.85. The molecule has 5 rings (SSSR count). The number of esters is 1. The Labute approximate surface area is 212 Å². The summed E-state index contributed by atoms with van der Waals surface area (Å²) in [5, 5.41) is 0.169.